The molecule has 1 aromatic carbocycles. The van der Waals surface area contributed by atoms with Gasteiger partial charge in [0, 0.05) is 36.1 Å². The Balaban J connectivity index is 1.59. The Labute approximate surface area is 159 Å². The average Bonchev–Trinajstić information content (AvgIpc) is 3.39. The summed E-state index contributed by atoms with van der Waals surface area (Å²) >= 11 is 0. The minimum absolute atomic E-state index is 0.0631. The molecule has 0 amide bonds. The molecule has 1 aromatic heterocycles. The number of ether oxygens (including phenoxy) is 2. The standard InChI is InChI=1S/C21H26N4O2/c1-14-13-25(9-10-26-14)19-11-15(5-8-24-19)20(23)17-12-16(3-4-18(17)22)27-21(2)6-7-21/h3-5,8,11-12,14,23H,6-7,9-10,13,22H2,1-2H3/t14-/m0/s1. The van der Waals surface area contributed by atoms with Crippen molar-refractivity contribution < 1.29 is 9.47 Å². The molecule has 1 aliphatic carbocycles. The van der Waals surface area contributed by atoms with Gasteiger partial charge in [0.2, 0.25) is 0 Å². The monoisotopic (exact) mass is 366 g/mol. The quantitative estimate of drug-likeness (QED) is 0.627. The lowest BCUT2D eigenvalue weighted by Gasteiger charge is -2.32. The molecule has 2 aliphatic rings. The highest BCUT2D eigenvalue weighted by molar-refractivity contribution is 6.14. The van der Waals surface area contributed by atoms with E-state index in [1.807, 2.05) is 30.3 Å². The van der Waals surface area contributed by atoms with E-state index < -0.39 is 0 Å². The van der Waals surface area contributed by atoms with Gasteiger partial charge in [0.15, 0.2) is 0 Å². The van der Waals surface area contributed by atoms with Gasteiger partial charge < -0.3 is 20.1 Å². The van der Waals surface area contributed by atoms with Crippen molar-refractivity contribution in [2.45, 2.75) is 38.4 Å². The Morgan fingerprint density at radius 3 is 2.89 bits per heavy atom. The fraction of sp³-hybridized carbons (Fsp3) is 0.429. The Hall–Kier alpha value is -2.60. The summed E-state index contributed by atoms with van der Waals surface area (Å²) in [7, 11) is 0. The molecular formula is C21H26N4O2. The fourth-order valence-electron chi connectivity index (χ4n) is 3.31. The number of rotatable bonds is 5. The molecule has 27 heavy (non-hydrogen) atoms. The topological polar surface area (TPSA) is 84.5 Å². The molecule has 6 heteroatoms. The highest BCUT2D eigenvalue weighted by Crippen LogP contribution is 2.40. The molecular weight excluding hydrogens is 340 g/mol. The van der Waals surface area contributed by atoms with Gasteiger partial charge in [-0.15, -0.1) is 0 Å². The fourth-order valence-corrected chi connectivity index (χ4v) is 3.31. The molecule has 1 saturated carbocycles. The highest BCUT2D eigenvalue weighted by Gasteiger charge is 2.40. The lowest BCUT2D eigenvalue weighted by Crippen LogP contribution is -2.41. The SMILES string of the molecule is C[C@H]1CN(c2cc(C(=N)c3cc(OC4(C)CC4)ccc3N)ccn2)CCO1. The number of anilines is 2. The van der Waals surface area contributed by atoms with Crippen molar-refractivity contribution in [2.75, 3.05) is 30.3 Å². The van der Waals surface area contributed by atoms with Crippen molar-refractivity contribution in [3.05, 3.63) is 47.7 Å². The van der Waals surface area contributed by atoms with Crippen molar-refractivity contribution in [3.63, 3.8) is 0 Å². The minimum Gasteiger partial charge on any atom is -0.488 e. The van der Waals surface area contributed by atoms with Crippen LogP contribution < -0.4 is 15.4 Å². The molecule has 3 N–H and O–H groups in total. The van der Waals surface area contributed by atoms with Crippen LogP contribution in [-0.4, -0.2) is 42.1 Å². The number of aromatic nitrogens is 1. The summed E-state index contributed by atoms with van der Waals surface area (Å²) in [6, 6.07) is 9.37. The van der Waals surface area contributed by atoms with E-state index in [-0.39, 0.29) is 11.7 Å². The van der Waals surface area contributed by atoms with Gasteiger partial charge in [0.05, 0.1) is 18.4 Å². The van der Waals surface area contributed by atoms with Crippen molar-refractivity contribution in [2.24, 2.45) is 0 Å². The second kappa shape index (κ2) is 6.85. The summed E-state index contributed by atoms with van der Waals surface area (Å²) in [6.07, 6.45) is 4.06. The lowest BCUT2D eigenvalue weighted by atomic mass is 10.0. The molecule has 6 nitrogen and oxygen atoms in total. The van der Waals surface area contributed by atoms with Gasteiger partial charge in [-0.3, -0.25) is 5.41 Å². The van der Waals surface area contributed by atoms with E-state index in [4.69, 9.17) is 20.6 Å². The number of hydrogen-bond acceptors (Lipinski definition) is 6. The van der Waals surface area contributed by atoms with Crippen LogP contribution in [0, 0.1) is 5.41 Å². The van der Waals surface area contributed by atoms with E-state index >= 15 is 0 Å². The van der Waals surface area contributed by atoms with E-state index in [1.54, 1.807) is 6.20 Å². The number of morpholine rings is 1. The molecule has 0 spiro atoms. The van der Waals surface area contributed by atoms with Crippen LogP contribution >= 0.6 is 0 Å². The van der Waals surface area contributed by atoms with Gasteiger partial charge in [-0.1, -0.05) is 0 Å². The summed E-state index contributed by atoms with van der Waals surface area (Å²) < 4.78 is 11.6. The van der Waals surface area contributed by atoms with Crippen LogP contribution in [0.5, 0.6) is 5.75 Å². The van der Waals surface area contributed by atoms with Gasteiger partial charge in [0.1, 0.15) is 17.2 Å². The normalized spacial score (nSPS) is 21.0. The first-order valence-corrected chi connectivity index (χ1v) is 9.44. The summed E-state index contributed by atoms with van der Waals surface area (Å²) in [5, 5.41) is 8.70. The Bertz CT molecular complexity index is 863. The number of nitrogens with one attached hydrogen (secondary N) is 1. The van der Waals surface area contributed by atoms with E-state index in [1.165, 1.54) is 0 Å². The molecule has 2 heterocycles. The third-order valence-electron chi connectivity index (χ3n) is 5.21. The highest BCUT2D eigenvalue weighted by atomic mass is 16.5. The maximum Gasteiger partial charge on any atom is 0.129 e. The zero-order chi connectivity index (χ0) is 19.0. The summed E-state index contributed by atoms with van der Waals surface area (Å²) in [5.41, 5.74) is 8.54. The maximum atomic E-state index is 8.70. The van der Waals surface area contributed by atoms with Gasteiger partial charge in [-0.05, 0) is 57.0 Å². The van der Waals surface area contributed by atoms with Crippen molar-refractivity contribution >= 4 is 17.2 Å². The number of hydrogen-bond donors (Lipinski definition) is 2. The van der Waals surface area contributed by atoms with Crippen molar-refractivity contribution in [1.29, 1.82) is 5.41 Å². The van der Waals surface area contributed by atoms with E-state index in [2.05, 4.69) is 23.7 Å². The van der Waals surface area contributed by atoms with Crippen LogP contribution in [0.15, 0.2) is 36.5 Å². The number of nitrogens with two attached hydrogens (primary N) is 1. The Morgan fingerprint density at radius 2 is 2.15 bits per heavy atom. The summed E-state index contributed by atoms with van der Waals surface area (Å²) in [4.78, 5) is 6.68. The number of nitrogen functional groups attached to an aromatic ring is 1. The summed E-state index contributed by atoms with van der Waals surface area (Å²) in [6.45, 7) is 6.46. The first-order valence-electron chi connectivity index (χ1n) is 9.44. The molecule has 4 rings (SSSR count). The second-order valence-electron chi connectivity index (χ2n) is 7.71. The van der Waals surface area contributed by atoms with Crippen LogP contribution in [0.1, 0.15) is 37.8 Å². The Kier molecular flexibility index (Phi) is 4.52. The third kappa shape index (κ3) is 3.90. The predicted molar refractivity (Wildman–Crippen MR) is 107 cm³/mol. The van der Waals surface area contributed by atoms with E-state index in [9.17, 15) is 0 Å². The zero-order valence-electron chi connectivity index (χ0n) is 15.9. The molecule has 1 atom stereocenters. The molecule has 0 bridgehead atoms. The smallest absolute Gasteiger partial charge is 0.129 e. The van der Waals surface area contributed by atoms with Crippen molar-refractivity contribution in [1.82, 2.24) is 4.98 Å². The van der Waals surface area contributed by atoms with Gasteiger partial charge in [-0.2, -0.15) is 0 Å². The average molecular weight is 366 g/mol. The molecule has 1 aliphatic heterocycles. The van der Waals surface area contributed by atoms with Gasteiger partial charge in [-0.25, -0.2) is 4.98 Å². The van der Waals surface area contributed by atoms with Crippen LogP contribution in [0.3, 0.4) is 0 Å². The van der Waals surface area contributed by atoms with Gasteiger partial charge in [0.25, 0.3) is 0 Å². The van der Waals surface area contributed by atoms with Crippen molar-refractivity contribution in [3.8, 4) is 5.75 Å². The number of nitrogens with zero attached hydrogens (tertiary/aromatic N) is 2. The maximum absolute atomic E-state index is 8.70. The third-order valence-corrected chi connectivity index (χ3v) is 5.21. The minimum atomic E-state index is -0.0631. The first-order chi connectivity index (χ1) is 12.9. The van der Waals surface area contributed by atoms with Crippen LogP contribution in [0.4, 0.5) is 11.5 Å². The van der Waals surface area contributed by atoms with Crippen LogP contribution in [-0.2, 0) is 4.74 Å². The molecule has 1 saturated heterocycles. The summed E-state index contributed by atoms with van der Waals surface area (Å²) in [5.74, 6) is 1.63. The van der Waals surface area contributed by atoms with Crippen LogP contribution in [0.25, 0.3) is 0 Å². The van der Waals surface area contributed by atoms with Gasteiger partial charge >= 0.3 is 0 Å². The molecule has 0 radical (unpaired) electrons. The second-order valence-corrected chi connectivity index (χ2v) is 7.71. The number of pyridine rings is 1. The molecule has 142 valence electrons. The zero-order valence-corrected chi connectivity index (χ0v) is 15.9. The molecule has 2 aromatic rings. The Morgan fingerprint density at radius 1 is 1.33 bits per heavy atom. The van der Waals surface area contributed by atoms with E-state index in [0.717, 1.165) is 43.1 Å². The molecule has 0 unspecified atom stereocenters. The van der Waals surface area contributed by atoms with E-state index in [0.29, 0.717) is 23.6 Å². The van der Waals surface area contributed by atoms with Crippen LogP contribution in [0.2, 0.25) is 0 Å². The lowest BCUT2D eigenvalue weighted by molar-refractivity contribution is 0.0529. The largest absolute Gasteiger partial charge is 0.488 e. The predicted octanol–water partition coefficient (Wildman–Crippen LogP) is 3.24. The molecule has 2 fully saturated rings. The first kappa shape index (κ1) is 17.8. The number of benzene rings is 1.